The molecule has 17 heavy (non-hydrogen) atoms. The van der Waals surface area contributed by atoms with Crippen LogP contribution in [0.5, 0.6) is 0 Å². The molecule has 0 aromatic carbocycles. The summed E-state index contributed by atoms with van der Waals surface area (Å²) in [5.41, 5.74) is 1.11. The van der Waals surface area contributed by atoms with Crippen molar-refractivity contribution in [1.82, 2.24) is 4.98 Å². The Hall–Kier alpha value is -0.940. The van der Waals surface area contributed by atoms with Crippen molar-refractivity contribution in [2.45, 2.75) is 37.8 Å². The summed E-state index contributed by atoms with van der Waals surface area (Å²) in [5, 5.41) is 9.36. The molecule has 1 amide bonds. The van der Waals surface area contributed by atoms with E-state index in [1.54, 1.807) is 11.1 Å². The first-order chi connectivity index (χ1) is 8.15. The second kappa shape index (κ2) is 4.07. The lowest BCUT2D eigenvalue weighted by Crippen LogP contribution is -2.52. The minimum atomic E-state index is -0.256. The number of carbonyl (C=O) groups is 1. The van der Waals surface area contributed by atoms with E-state index in [2.05, 4.69) is 20.9 Å². The monoisotopic (exact) mass is 296 g/mol. The smallest absolute Gasteiger partial charge is 0.228 e. The van der Waals surface area contributed by atoms with E-state index in [0.29, 0.717) is 19.3 Å². The standard InChI is InChI=1S/C12H13BrN2O2/c13-8-3-7-1-2-11(17)15(12(7)14-6-8)9-4-10(16)5-9/h3,6,9-10,16H,1-2,4-5H2/t9-,10+. The average molecular weight is 297 g/mol. The summed E-state index contributed by atoms with van der Waals surface area (Å²) in [6, 6.07) is 2.15. The van der Waals surface area contributed by atoms with E-state index in [4.69, 9.17) is 0 Å². The molecule has 90 valence electrons. The molecule has 2 heterocycles. The zero-order chi connectivity index (χ0) is 12.0. The van der Waals surface area contributed by atoms with Crippen molar-refractivity contribution >= 4 is 27.7 Å². The number of amides is 1. The van der Waals surface area contributed by atoms with Crippen molar-refractivity contribution in [3.63, 3.8) is 0 Å². The molecule has 4 nitrogen and oxygen atoms in total. The molecule has 2 aliphatic rings. The van der Waals surface area contributed by atoms with Crippen LogP contribution in [0.15, 0.2) is 16.7 Å². The third-order valence-electron chi connectivity index (χ3n) is 3.47. The van der Waals surface area contributed by atoms with Gasteiger partial charge in [0.1, 0.15) is 5.82 Å². The van der Waals surface area contributed by atoms with Gasteiger partial charge in [-0.2, -0.15) is 0 Å². The summed E-state index contributed by atoms with van der Waals surface area (Å²) in [7, 11) is 0. The summed E-state index contributed by atoms with van der Waals surface area (Å²) >= 11 is 3.40. The molecule has 0 atom stereocenters. The van der Waals surface area contributed by atoms with Gasteiger partial charge in [-0.25, -0.2) is 4.98 Å². The van der Waals surface area contributed by atoms with Gasteiger partial charge in [0.2, 0.25) is 5.91 Å². The first kappa shape index (κ1) is 11.2. The van der Waals surface area contributed by atoms with Gasteiger partial charge in [-0.05, 0) is 46.8 Å². The molecule has 0 saturated heterocycles. The Kier molecular flexibility index (Phi) is 2.67. The van der Waals surface area contributed by atoms with Crippen LogP contribution in [0.2, 0.25) is 0 Å². The predicted octanol–water partition coefficient (Wildman–Crippen LogP) is 1.65. The second-order valence-corrected chi connectivity index (χ2v) is 5.59. The van der Waals surface area contributed by atoms with Crippen LogP contribution < -0.4 is 4.90 Å². The van der Waals surface area contributed by atoms with Crippen LogP contribution in [0.3, 0.4) is 0 Å². The largest absolute Gasteiger partial charge is 0.393 e. The minimum Gasteiger partial charge on any atom is -0.393 e. The fraction of sp³-hybridized carbons (Fsp3) is 0.500. The van der Waals surface area contributed by atoms with Crippen LogP contribution in [0.25, 0.3) is 0 Å². The van der Waals surface area contributed by atoms with Crippen molar-refractivity contribution in [1.29, 1.82) is 0 Å². The maximum absolute atomic E-state index is 12.0. The molecule has 1 fully saturated rings. The van der Waals surface area contributed by atoms with E-state index in [9.17, 15) is 9.90 Å². The number of hydrogen-bond donors (Lipinski definition) is 1. The topological polar surface area (TPSA) is 53.4 Å². The number of carbonyl (C=O) groups excluding carboxylic acids is 1. The highest BCUT2D eigenvalue weighted by molar-refractivity contribution is 9.10. The van der Waals surface area contributed by atoms with E-state index in [1.807, 2.05) is 6.07 Å². The van der Waals surface area contributed by atoms with Crippen molar-refractivity contribution in [3.8, 4) is 0 Å². The molecular formula is C12H13BrN2O2. The molecule has 1 saturated carbocycles. The van der Waals surface area contributed by atoms with Crippen LogP contribution in [-0.2, 0) is 11.2 Å². The zero-order valence-corrected chi connectivity index (χ0v) is 10.9. The lowest BCUT2D eigenvalue weighted by molar-refractivity contribution is -0.120. The van der Waals surface area contributed by atoms with Crippen LogP contribution in [0.4, 0.5) is 5.82 Å². The third kappa shape index (κ3) is 1.87. The SMILES string of the molecule is O=C1CCc2cc(Br)cnc2N1[C@H]1C[C@@H](O)C1. The van der Waals surface area contributed by atoms with E-state index in [-0.39, 0.29) is 18.1 Å². The number of pyridine rings is 1. The molecule has 0 bridgehead atoms. The van der Waals surface area contributed by atoms with Crippen molar-refractivity contribution in [3.05, 3.63) is 22.3 Å². The summed E-state index contributed by atoms with van der Waals surface area (Å²) in [5.74, 6) is 0.908. The first-order valence-electron chi connectivity index (χ1n) is 5.79. The predicted molar refractivity (Wildman–Crippen MR) is 66.8 cm³/mol. The Balaban J connectivity index is 1.96. The van der Waals surface area contributed by atoms with Gasteiger partial charge in [-0.15, -0.1) is 0 Å². The molecule has 0 unspecified atom stereocenters. The third-order valence-corrected chi connectivity index (χ3v) is 3.90. The molecule has 1 aliphatic carbocycles. The van der Waals surface area contributed by atoms with Gasteiger partial charge < -0.3 is 5.11 Å². The quantitative estimate of drug-likeness (QED) is 0.857. The lowest BCUT2D eigenvalue weighted by atomic mass is 9.86. The maximum atomic E-state index is 12.0. The zero-order valence-electron chi connectivity index (χ0n) is 9.27. The Labute approximate surface area is 108 Å². The molecule has 1 aromatic rings. The Morgan fingerprint density at radius 2 is 2.18 bits per heavy atom. The van der Waals surface area contributed by atoms with Crippen molar-refractivity contribution in [2.75, 3.05) is 4.90 Å². The number of aromatic nitrogens is 1. The molecule has 0 radical (unpaired) electrons. The summed E-state index contributed by atoms with van der Waals surface area (Å²) in [6.45, 7) is 0. The van der Waals surface area contributed by atoms with E-state index < -0.39 is 0 Å². The van der Waals surface area contributed by atoms with Gasteiger partial charge >= 0.3 is 0 Å². The van der Waals surface area contributed by atoms with Gasteiger partial charge in [0.05, 0.1) is 6.10 Å². The molecule has 3 rings (SSSR count). The maximum Gasteiger partial charge on any atom is 0.228 e. The highest BCUT2D eigenvalue weighted by Gasteiger charge is 2.38. The first-order valence-corrected chi connectivity index (χ1v) is 6.59. The molecule has 1 aromatic heterocycles. The van der Waals surface area contributed by atoms with Crippen molar-refractivity contribution in [2.24, 2.45) is 0 Å². The number of aryl methyl sites for hydroxylation is 1. The summed E-state index contributed by atoms with van der Waals surface area (Å²) < 4.78 is 0.944. The van der Waals surface area contributed by atoms with E-state index in [0.717, 1.165) is 22.3 Å². The minimum absolute atomic E-state index is 0.129. The van der Waals surface area contributed by atoms with Crippen molar-refractivity contribution < 1.29 is 9.90 Å². The number of rotatable bonds is 1. The normalized spacial score (nSPS) is 27.6. The van der Waals surface area contributed by atoms with E-state index >= 15 is 0 Å². The Morgan fingerprint density at radius 1 is 1.41 bits per heavy atom. The highest BCUT2D eigenvalue weighted by Crippen LogP contribution is 2.35. The molecular weight excluding hydrogens is 284 g/mol. The number of aliphatic hydroxyl groups excluding tert-OH is 1. The summed E-state index contributed by atoms with van der Waals surface area (Å²) in [6.07, 6.45) is 4.10. The number of nitrogens with zero attached hydrogens (tertiary/aromatic N) is 2. The summed E-state index contributed by atoms with van der Waals surface area (Å²) in [4.78, 5) is 18.1. The van der Waals surface area contributed by atoms with Crippen LogP contribution >= 0.6 is 15.9 Å². The fourth-order valence-corrected chi connectivity index (χ4v) is 2.88. The van der Waals surface area contributed by atoms with Gasteiger partial charge in [0, 0.05) is 23.1 Å². The van der Waals surface area contributed by atoms with Crippen LogP contribution in [-0.4, -0.2) is 28.1 Å². The van der Waals surface area contributed by atoms with Gasteiger partial charge in [0.25, 0.3) is 0 Å². The van der Waals surface area contributed by atoms with Gasteiger partial charge in [-0.1, -0.05) is 0 Å². The Bertz CT molecular complexity index is 472. The number of hydrogen-bond acceptors (Lipinski definition) is 3. The fourth-order valence-electron chi connectivity index (χ4n) is 2.50. The lowest BCUT2D eigenvalue weighted by Gasteiger charge is -2.42. The molecule has 1 aliphatic heterocycles. The number of anilines is 1. The Morgan fingerprint density at radius 3 is 2.88 bits per heavy atom. The van der Waals surface area contributed by atoms with Crippen LogP contribution in [0.1, 0.15) is 24.8 Å². The molecule has 0 spiro atoms. The van der Waals surface area contributed by atoms with Gasteiger partial charge in [-0.3, -0.25) is 9.69 Å². The number of aliphatic hydroxyl groups is 1. The highest BCUT2D eigenvalue weighted by atomic mass is 79.9. The second-order valence-electron chi connectivity index (χ2n) is 4.68. The van der Waals surface area contributed by atoms with E-state index in [1.165, 1.54) is 0 Å². The van der Waals surface area contributed by atoms with Crippen LogP contribution in [0, 0.1) is 0 Å². The molecule has 5 heteroatoms. The van der Waals surface area contributed by atoms with Gasteiger partial charge in [0.15, 0.2) is 0 Å². The number of fused-ring (bicyclic) bond motifs is 1. The number of halogens is 1. The molecule has 1 N–H and O–H groups in total. The average Bonchev–Trinajstić information content (AvgIpc) is 2.26.